The van der Waals surface area contributed by atoms with Crippen molar-refractivity contribution >= 4 is 32.5 Å². The number of nitrogens with zero attached hydrogens (tertiary/aromatic N) is 1. The molecule has 33 heavy (non-hydrogen) atoms. The number of anilines is 1. The topological polar surface area (TPSA) is 106 Å². The highest BCUT2D eigenvalue weighted by atomic mass is 32.2. The van der Waals surface area contributed by atoms with Gasteiger partial charge in [-0.3, -0.25) is 4.72 Å². The van der Waals surface area contributed by atoms with E-state index in [-0.39, 0.29) is 16.3 Å². The molecule has 4 rings (SSSR count). The molecule has 0 radical (unpaired) electrons. The van der Waals surface area contributed by atoms with E-state index in [1.54, 1.807) is 48.5 Å². The monoisotopic (exact) mass is 458 g/mol. The first-order valence-corrected chi connectivity index (χ1v) is 11.3. The van der Waals surface area contributed by atoms with E-state index in [1.807, 2.05) is 18.2 Å². The third kappa shape index (κ3) is 4.63. The van der Waals surface area contributed by atoms with Gasteiger partial charge in [0, 0.05) is 22.7 Å². The second kappa shape index (κ2) is 9.02. The molecule has 8 heteroatoms. The summed E-state index contributed by atoms with van der Waals surface area (Å²) < 4.78 is 34.1. The van der Waals surface area contributed by atoms with Crippen LogP contribution in [-0.4, -0.2) is 31.6 Å². The standard InChI is InChI=1S/C25H18N2O5S/c1-32-22-15-17(16-26-24(22)25(28)29)13-14-19-8-3-5-11-21(19)27-33(30,31)23-12-6-9-18-7-2-4-10-20(18)23/h2-12,15-16,27H,1H3,(H,28,29). The van der Waals surface area contributed by atoms with Crippen LogP contribution >= 0.6 is 0 Å². The number of benzene rings is 3. The summed E-state index contributed by atoms with van der Waals surface area (Å²) in [5.41, 5.74) is 0.970. The number of aromatic nitrogens is 1. The molecule has 0 amide bonds. The lowest BCUT2D eigenvalue weighted by Crippen LogP contribution is -2.14. The molecule has 7 nitrogen and oxygen atoms in total. The first-order valence-electron chi connectivity index (χ1n) is 9.78. The van der Waals surface area contributed by atoms with E-state index in [0.29, 0.717) is 22.2 Å². The van der Waals surface area contributed by atoms with Crippen LogP contribution in [-0.2, 0) is 10.0 Å². The van der Waals surface area contributed by atoms with Crippen LogP contribution in [0.2, 0.25) is 0 Å². The number of aromatic carboxylic acids is 1. The molecular weight excluding hydrogens is 440 g/mol. The molecule has 0 unspecified atom stereocenters. The van der Waals surface area contributed by atoms with Gasteiger partial charge in [0.05, 0.1) is 17.7 Å². The molecule has 0 saturated carbocycles. The third-order valence-corrected chi connectivity index (χ3v) is 6.25. The molecule has 4 aromatic rings. The van der Waals surface area contributed by atoms with Gasteiger partial charge in [-0.05, 0) is 29.7 Å². The normalized spacial score (nSPS) is 10.8. The molecule has 3 aromatic carbocycles. The van der Waals surface area contributed by atoms with Crippen LogP contribution in [0.3, 0.4) is 0 Å². The number of hydrogen-bond donors (Lipinski definition) is 2. The molecule has 0 fully saturated rings. The number of carboxylic acid groups (broad SMARTS) is 1. The Labute approximate surface area is 190 Å². The van der Waals surface area contributed by atoms with Gasteiger partial charge in [0.1, 0.15) is 0 Å². The van der Waals surface area contributed by atoms with Gasteiger partial charge < -0.3 is 9.84 Å². The zero-order valence-corrected chi connectivity index (χ0v) is 18.3. The SMILES string of the molecule is COc1cc(C#Cc2ccccc2NS(=O)(=O)c2cccc3ccccc23)cnc1C(=O)O. The van der Waals surface area contributed by atoms with E-state index in [0.717, 1.165) is 5.39 Å². The first kappa shape index (κ1) is 21.9. The molecule has 0 spiro atoms. The molecule has 1 aromatic heterocycles. The fourth-order valence-corrected chi connectivity index (χ4v) is 4.59. The van der Waals surface area contributed by atoms with Crippen molar-refractivity contribution < 1.29 is 23.1 Å². The van der Waals surface area contributed by atoms with E-state index in [9.17, 15) is 13.2 Å². The van der Waals surface area contributed by atoms with Crippen molar-refractivity contribution in [3.63, 3.8) is 0 Å². The largest absolute Gasteiger partial charge is 0.494 e. The number of carboxylic acids is 1. The van der Waals surface area contributed by atoms with Gasteiger partial charge >= 0.3 is 5.97 Å². The van der Waals surface area contributed by atoms with Crippen molar-refractivity contribution in [2.45, 2.75) is 4.90 Å². The number of ether oxygens (including phenoxy) is 1. The van der Waals surface area contributed by atoms with E-state index in [1.165, 1.54) is 19.4 Å². The smallest absolute Gasteiger partial charge is 0.358 e. The number of para-hydroxylation sites is 1. The Hall–Kier alpha value is -4.35. The minimum absolute atomic E-state index is 0.0826. The summed E-state index contributed by atoms with van der Waals surface area (Å²) in [7, 11) is -2.54. The molecule has 164 valence electrons. The van der Waals surface area contributed by atoms with Gasteiger partial charge in [-0.2, -0.15) is 0 Å². The summed E-state index contributed by atoms with van der Waals surface area (Å²) in [6, 6.07) is 20.6. The Bertz CT molecular complexity index is 1530. The highest BCUT2D eigenvalue weighted by Crippen LogP contribution is 2.26. The van der Waals surface area contributed by atoms with Gasteiger partial charge in [0.15, 0.2) is 11.4 Å². The molecule has 0 bridgehead atoms. The maximum Gasteiger partial charge on any atom is 0.358 e. The van der Waals surface area contributed by atoms with Gasteiger partial charge in [0.25, 0.3) is 10.0 Å². The quantitative estimate of drug-likeness (QED) is 0.436. The van der Waals surface area contributed by atoms with Crippen molar-refractivity contribution in [3.05, 3.63) is 95.8 Å². The van der Waals surface area contributed by atoms with Crippen molar-refractivity contribution in [2.24, 2.45) is 0 Å². The Morgan fingerprint density at radius 1 is 1.00 bits per heavy atom. The lowest BCUT2D eigenvalue weighted by Gasteiger charge is -2.12. The maximum absolute atomic E-state index is 13.2. The third-order valence-electron chi connectivity index (χ3n) is 4.83. The highest BCUT2D eigenvalue weighted by Gasteiger charge is 2.18. The van der Waals surface area contributed by atoms with Crippen molar-refractivity contribution in [2.75, 3.05) is 11.8 Å². The van der Waals surface area contributed by atoms with Gasteiger partial charge in [-0.25, -0.2) is 18.2 Å². The predicted octanol–water partition coefficient (Wildman–Crippen LogP) is 4.14. The fraction of sp³-hybridized carbons (Fsp3) is 0.0400. The van der Waals surface area contributed by atoms with E-state index in [2.05, 4.69) is 21.5 Å². The molecule has 0 aliphatic carbocycles. The van der Waals surface area contributed by atoms with Crippen LogP contribution in [0, 0.1) is 11.8 Å². The second-order valence-electron chi connectivity index (χ2n) is 6.96. The number of sulfonamides is 1. The summed E-state index contributed by atoms with van der Waals surface area (Å²) in [6.45, 7) is 0. The number of nitrogens with one attached hydrogen (secondary N) is 1. The predicted molar refractivity (Wildman–Crippen MR) is 125 cm³/mol. The molecule has 0 atom stereocenters. The van der Waals surface area contributed by atoms with Crippen LogP contribution in [0.4, 0.5) is 5.69 Å². The maximum atomic E-state index is 13.2. The summed E-state index contributed by atoms with van der Waals surface area (Å²) in [4.78, 5) is 15.2. The number of fused-ring (bicyclic) bond motifs is 1. The summed E-state index contributed by atoms with van der Waals surface area (Å²) in [5.74, 6) is 4.67. The lowest BCUT2D eigenvalue weighted by molar-refractivity contribution is 0.0686. The number of carbonyl (C=O) groups is 1. The highest BCUT2D eigenvalue weighted by molar-refractivity contribution is 7.93. The van der Waals surface area contributed by atoms with Crippen LogP contribution in [0.1, 0.15) is 21.6 Å². The van der Waals surface area contributed by atoms with E-state index < -0.39 is 16.0 Å². The van der Waals surface area contributed by atoms with Crippen LogP contribution in [0.25, 0.3) is 10.8 Å². The Morgan fingerprint density at radius 2 is 1.73 bits per heavy atom. The van der Waals surface area contributed by atoms with Crippen molar-refractivity contribution in [1.29, 1.82) is 0 Å². The summed E-state index contributed by atoms with van der Waals surface area (Å²) >= 11 is 0. The first-order chi connectivity index (χ1) is 15.9. The minimum atomic E-state index is -3.89. The molecule has 0 saturated heterocycles. The summed E-state index contributed by atoms with van der Waals surface area (Å²) in [6.07, 6.45) is 1.32. The van der Waals surface area contributed by atoms with Gasteiger partial charge in [-0.1, -0.05) is 60.4 Å². The number of methoxy groups -OCH3 is 1. The van der Waals surface area contributed by atoms with Crippen LogP contribution in [0.15, 0.2) is 83.9 Å². The van der Waals surface area contributed by atoms with Crippen molar-refractivity contribution in [1.82, 2.24) is 4.98 Å². The fourth-order valence-electron chi connectivity index (χ4n) is 3.28. The summed E-state index contributed by atoms with van der Waals surface area (Å²) in [5, 5.41) is 10.6. The molecule has 2 N–H and O–H groups in total. The zero-order chi connectivity index (χ0) is 23.4. The number of hydrogen-bond acceptors (Lipinski definition) is 5. The molecule has 1 heterocycles. The Morgan fingerprint density at radius 3 is 2.52 bits per heavy atom. The van der Waals surface area contributed by atoms with Crippen molar-refractivity contribution in [3.8, 4) is 17.6 Å². The van der Waals surface area contributed by atoms with Gasteiger partial charge in [-0.15, -0.1) is 0 Å². The average Bonchev–Trinajstić information content (AvgIpc) is 2.82. The Balaban J connectivity index is 1.69. The lowest BCUT2D eigenvalue weighted by atomic mass is 10.1. The van der Waals surface area contributed by atoms with E-state index >= 15 is 0 Å². The van der Waals surface area contributed by atoms with Gasteiger partial charge in [0.2, 0.25) is 0 Å². The number of pyridine rings is 1. The van der Waals surface area contributed by atoms with E-state index in [4.69, 9.17) is 9.84 Å². The molecular formula is C25H18N2O5S. The number of rotatable bonds is 5. The zero-order valence-electron chi connectivity index (χ0n) is 17.4. The average molecular weight is 458 g/mol. The molecule has 0 aliphatic heterocycles. The Kier molecular flexibility index (Phi) is 5.98. The molecule has 0 aliphatic rings. The minimum Gasteiger partial charge on any atom is -0.494 e. The van der Waals surface area contributed by atoms with Crippen LogP contribution in [0.5, 0.6) is 5.75 Å². The van der Waals surface area contributed by atoms with Crippen LogP contribution < -0.4 is 9.46 Å². The second-order valence-corrected chi connectivity index (χ2v) is 8.61.